The number of nitrogens with one attached hydrogen (secondary N) is 1. The van der Waals surface area contributed by atoms with E-state index in [1.165, 1.54) is 6.07 Å². The Morgan fingerprint density at radius 2 is 2.10 bits per heavy atom. The molecule has 0 spiro atoms. The van der Waals surface area contributed by atoms with Crippen molar-refractivity contribution in [2.45, 2.75) is 20.0 Å². The Hall–Kier alpha value is -2.27. The van der Waals surface area contributed by atoms with Crippen LogP contribution in [0.5, 0.6) is 0 Å². The Balaban J connectivity index is 2.10. The summed E-state index contributed by atoms with van der Waals surface area (Å²) in [6.07, 6.45) is 1.76. The van der Waals surface area contributed by atoms with E-state index in [9.17, 15) is 4.39 Å². The van der Waals surface area contributed by atoms with E-state index in [1.54, 1.807) is 18.3 Å². The van der Waals surface area contributed by atoms with Gasteiger partial charge < -0.3 is 5.73 Å². The zero-order valence-electron chi connectivity index (χ0n) is 12.0. The normalized spacial score (nSPS) is 10.8. The molecule has 0 unspecified atom stereocenters. The van der Waals surface area contributed by atoms with E-state index in [0.29, 0.717) is 24.2 Å². The van der Waals surface area contributed by atoms with Crippen LogP contribution in [0.2, 0.25) is 0 Å². The van der Waals surface area contributed by atoms with Gasteiger partial charge in [-0.2, -0.15) is 0 Å². The molecule has 5 heteroatoms. The molecule has 3 N–H and O–H groups in total. The molecule has 110 valence electrons. The fraction of sp³-hybridized carbons (Fsp3) is 0.250. The summed E-state index contributed by atoms with van der Waals surface area (Å²) in [5, 5.41) is 7.32. The van der Waals surface area contributed by atoms with E-state index in [0.717, 1.165) is 12.2 Å². The molecule has 1 aromatic heterocycles. The van der Waals surface area contributed by atoms with E-state index in [-0.39, 0.29) is 11.7 Å². The standard InChI is InChI=1S/C16H19FN4/c1-2-21(11-14-5-3-4-8-20-14)10-13-7-6-12(16(18)19)9-15(13)17/h3-9H,2,10-11H2,1H3,(H3,18,19). The molecule has 0 fully saturated rings. The van der Waals surface area contributed by atoms with Gasteiger partial charge in [-0.25, -0.2) is 4.39 Å². The lowest BCUT2D eigenvalue weighted by Gasteiger charge is -2.20. The third kappa shape index (κ3) is 4.10. The van der Waals surface area contributed by atoms with Crippen LogP contribution in [-0.4, -0.2) is 22.3 Å². The summed E-state index contributed by atoms with van der Waals surface area (Å²) in [7, 11) is 0. The topological polar surface area (TPSA) is 66.0 Å². The van der Waals surface area contributed by atoms with Crippen LogP contribution in [0.4, 0.5) is 4.39 Å². The van der Waals surface area contributed by atoms with Crippen LogP contribution in [0.25, 0.3) is 0 Å². The number of aromatic nitrogens is 1. The number of hydrogen-bond acceptors (Lipinski definition) is 3. The summed E-state index contributed by atoms with van der Waals surface area (Å²) in [4.78, 5) is 6.39. The predicted octanol–water partition coefficient (Wildman–Crippen LogP) is 2.53. The smallest absolute Gasteiger partial charge is 0.128 e. The molecule has 0 amide bonds. The van der Waals surface area contributed by atoms with Gasteiger partial charge in [0.25, 0.3) is 0 Å². The first-order chi connectivity index (χ1) is 10.1. The second kappa shape index (κ2) is 6.95. The van der Waals surface area contributed by atoms with Gasteiger partial charge in [0.2, 0.25) is 0 Å². The highest BCUT2D eigenvalue weighted by Crippen LogP contribution is 2.14. The number of nitrogen functional groups attached to an aromatic ring is 1. The minimum Gasteiger partial charge on any atom is -0.384 e. The van der Waals surface area contributed by atoms with Crippen molar-refractivity contribution in [3.63, 3.8) is 0 Å². The van der Waals surface area contributed by atoms with Crippen LogP contribution in [0.1, 0.15) is 23.7 Å². The average molecular weight is 286 g/mol. The van der Waals surface area contributed by atoms with Crippen LogP contribution in [0.15, 0.2) is 42.6 Å². The summed E-state index contributed by atoms with van der Waals surface area (Å²) in [5.74, 6) is -0.455. The lowest BCUT2D eigenvalue weighted by molar-refractivity contribution is 0.264. The first-order valence-electron chi connectivity index (χ1n) is 6.85. The van der Waals surface area contributed by atoms with Crippen LogP contribution < -0.4 is 5.73 Å². The molecule has 0 bridgehead atoms. The molecular formula is C16H19FN4. The van der Waals surface area contributed by atoms with Gasteiger partial charge in [0.05, 0.1) is 5.69 Å². The number of nitrogens with two attached hydrogens (primary N) is 1. The largest absolute Gasteiger partial charge is 0.384 e. The molecule has 1 heterocycles. The van der Waals surface area contributed by atoms with Crippen LogP contribution >= 0.6 is 0 Å². The molecule has 0 saturated heterocycles. The van der Waals surface area contributed by atoms with Gasteiger partial charge in [-0.05, 0) is 24.7 Å². The Kier molecular flexibility index (Phi) is 5.00. The number of pyridine rings is 1. The lowest BCUT2D eigenvalue weighted by Crippen LogP contribution is -2.23. The lowest BCUT2D eigenvalue weighted by atomic mass is 10.1. The van der Waals surface area contributed by atoms with Gasteiger partial charge in [0.15, 0.2) is 0 Å². The molecule has 4 nitrogen and oxygen atoms in total. The van der Waals surface area contributed by atoms with Crippen molar-refractivity contribution in [1.29, 1.82) is 5.41 Å². The van der Waals surface area contributed by atoms with E-state index in [2.05, 4.69) is 9.88 Å². The molecule has 2 aromatic rings. The molecule has 2 rings (SSSR count). The van der Waals surface area contributed by atoms with E-state index in [1.807, 2.05) is 25.1 Å². The van der Waals surface area contributed by atoms with Crippen LogP contribution in [0.3, 0.4) is 0 Å². The van der Waals surface area contributed by atoms with Crippen molar-refractivity contribution in [2.75, 3.05) is 6.54 Å². The van der Waals surface area contributed by atoms with E-state index in [4.69, 9.17) is 11.1 Å². The molecule has 0 atom stereocenters. The van der Waals surface area contributed by atoms with Crippen LogP contribution in [-0.2, 0) is 13.1 Å². The van der Waals surface area contributed by atoms with Gasteiger partial charge in [-0.15, -0.1) is 0 Å². The third-order valence-electron chi connectivity index (χ3n) is 3.32. The van der Waals surface area contributed by atoms with Crippen LogP contribution in [0, 0.1) is 11.2 Å². The summed E-state index contributed by atoms with van der Waals surface area (Å²) < 4.78 is 14.1. The highest BCUT2D eigenvalue weighted by molar-refractivity contribution is 5.94. The molecule has 1 aromatic carbocycles. The number of nitrogens with zero attached hydrogens (tertiary/aromatic N) is 2. The highest BCUT2D eigenvalue weighted by Gasteiger charge is 2.10. The fourth-order valence-corrected chi connectivity index (χ4v) is 2.08. The summed E-state index contributed by atoms with van der Waals surface area (Å²) in [5.41, 5.74) is 7.32. The molecular weight excluding hydrogens is 267 g/mol. The maximum Gasteiger partial charge on any atom is 0.128 e. The highest BCUT2D eigenvalue weighted by atomic mass is 19.1. The van der Waals surface area contributed by atoms with Crippen molar-refractivity contribution >= 4 is 5.84 Å². The summed E-state index contributed by atoms with van der Waals surface area (Å²) in [6, 6.07) is 10.4. The third-order valence-corrected chi connectivity index (χ3v) is 3.32. The van der Waals surface area contributed by atoms with Crippen molar-refractivity contribution in [1.82, 2.24) is 9.88 Å². The first kappa shape index (κ1) is 15.1. The molecule has 0 radical (unpaired) electrons. The maximum absolute atomic E-state index is 14.1. The zero-order valence-corrected chi connectivity index (χ0v) is 12.0. The number of hydrogen-bond donors (Lipinski definition) is 2. The Bertz CT molecular complexity index is 613. The number of amidine groups is 1. The average Bonchev–Trinajstić information content (AvgIpc) is 2.49. The number of rotatable bonds is 6. The molecule has 0 aliphatic heterocycles. The predicted molar refractivity (Wildman–Crippen MR) is 81.4 cm³/mol. The quantitative estimate of drug-likeness (QED) is 0.633. The molecule has 21 heavy (non-hydrogen) atoms. The molecule has 0 aliphatic rings. The number of benzene rings is 1. The zero-order chi connectivity index (χ0) is 15.2. The second-order valence-electron chi connectivity index (χ2n) is 4.84. The summed E-state index contributed by atoms with van der Waals surface area (Å²) >= 11 is 0. The van der Waals surface area contributed by atoms with Crippen molar-refractivity contribution in [2.24, 2.45) is 5.73 Å². The van der Waals surface area contributed by atoms with Gasteiger partial charge in [-0.1, -0.05) is 25.1 Å². The maximum atomic E-state index is 14.1. The van der Waals surface area contributed by atoms with Crippen molar-refractivity contribution < 1.29 is 4.39 Å². The van der Waals surface area contributed by atoms with Gasteiger partial charge in [0.1, 0.15) is 11.7 Å². The fourth-order valence-electron chi connectivity index (χ4n) is 2.08. The van der Waals surface area contributed by atoms with Crippen molar-refractivity contribution in [3.8, 4) is 0 Å². The Labute approximate surface area is 123 Å². The van der Waals surface area contributed by atoms with Gasteiger partial charge >= 0.3 is 0 Å². The first-order valence-corrected chi connectivity index (χ1v) is 6.85. The monoisotopic (exact) mass is 286 g/mol. The minimum absolute atomic E-state index is 0.124. The van der Waals surface area contributed by atoms with E-state index >= 15 is 0 Å². The van der Waals surface area contributed by atoms with Crippen molar-refractivity contribution in [3.05, 3.63) is 65.2 Å². The minimum atomic E-state index is -0.331. The number of halogens is 1. The van der Waals surface area contributed by atoms with Gasteiger partial charge in [0, 0.05) is 30.4 Å². The van der Waals surface area contributed by atoms with E-state index < -0.39 is 0 Å². The molecule has 0 aliphatic carbocycles. The molecule has 0 saturated carbocycles. The Morgan fingerprint density at radius 1 is 1.29 bits per heavy atom. The van der Waals surface area contributed by atoms with Gasteiger partial charge in [-0.3, -0.25) is 15.3 Å². The SMILES string of the molecule is CCN(Cc1ccccn1)Cc1ccc(C(=N)N)cc1F. The second-order valence-corrected chi connectivity index (χ2v) is 4.84. The Morgan fingerprint density at radius 3 is 2.67 bits per heavy atom. The summed E-state index contributed by atoms with van der Waals surface area (Å²) in [6.45, 7) is 4.00.